The van der Waals surface area contributed by atoms with E-state index in [0.29, 0.717) is 13.2 Å². The van der Waals surface area contributed by atoms with Crippen LogP contribution in [0.15, 0.2) is 36.4 Å². The molecule has 1 aromatic rings. The third-order valence-electron chi connectivity index (χ3n) is 5.32. The quantitative estimate of drug-likeness (QED) is 0.628. The van der Waals surface area contributed by atoms with Gasteiger partial charge >= 0.3 is 5.97 Å². The maximum absolute atomic E-state index is 13.2. The molecule has 2 bridgehead atoms. The van der Waals surface area contributed by atoms with Gasteiger partial charge in [0.05, 0.1) is 25.2 Å². The molecule has 4 atom stereocenters. The molecular weight excluding hydrogens is 306 g/mol. The smallest absolute Gasteiger partial charge is 0.312 e. The van der Waals surface area contributed by atoms with Crippen molar-refractivity contribution in [1.29, 1.82) is 0 Å². The Morgan fingerprint density at radius 1 is 1.38 bits per heavy atom. The van der Waals surface area contributed by atoms with Gasteiger partial charge in [0.1, 0.15) is 11.5 Å². The molecule has 1 spiro atoms. The SMILES string of the molecule is CCOC(=O)[C@H]1[C@H]2C=C[C@]3(CN(c4ccccc4CC)C(=O)[C@@H]13)O2. The summed E-state index contributed by atoms with van der Waals surface area (Å²) in [7, 11) is 0. The van der Waals surface area contributed by atoms with Crippen molar-refractivity contribution in [1.82, 2.24) is 0 Å². The number of benzene rings is 1. The first-order chi connectivity index (χ1) is 11.6. The Morgan fingerprint density at radius 2 is 2.17 bits per heavy atom. The van der Waals surface area contributed by atoms with E-state index in [1.165, 1.54) is 0 Å². The summed E-state index contributed by atoms with van der Waals surface area (Å²) < 4.78 is 11.3. The van der Waals surface area contributed by atoms with E-state index in [0.717, 1.165) is 17.7 Å². The predicted octanol–water partition coefficient (Wildman–Crippen LogP) is 2.10. The summed E-state index contributed by atoms with van der Waals surface area (Å²) in [6.45, 7) is 4.61. The van der Waals surface area contributed by atoms with Crippen LogP contribution in [0.2, 0.25) is 0 Å². The monoisotopic (exact) mass is 327 g/mol. The van der Waals surface area contributed by atoms with Crippen LogP contribution in [-0.4, -0.2) is 36.7 Å². The molecule has 0 aliphatic carbocycles. The summed E-state index contributed by atoms with van der Waals surface area (Å²) in [4.78, 5) is 27.3. The van der Waals surface area contributed by atoms with Gasteiger partial charge in [0.15, 0.2) is 0 Å². The minimum absolute atomic E-state index is 0.0409. The van der Waals surface area contributed by atoms with Crippen molar-refractivity contribution in [2.24, 2.45) is 11.8 Å². The zero-order chi connectivity index (χ0) is 16.9. The fourth-order valence-electron chi connectivity index (χ4n) is 4.28. The van der Waals surface area contributed by atoms with Crippen LogP contribution in [0.3, 0.4) is 0 Å². The topological polar surface area (TPSA) is 55.8 Å². The Morgan fingerprint density at radius 3 is 2.92 bits per heavy atom. The lowest BCUT2D eigenvalue weighted by molar-refractivity contribution is -0.151. The average Bonchev–Trinajstić information content (AvgIpc) is 3.23. The van der Waals surface area contributed by atoms with Gasteiger partial charge in [-0.3, -0.25) is 9.59 Å². The van der Waals surface area contributed by atoms with Crippen molar-refractivity contribution in [3.05, 3.63) is 42.0 Å². The molecule has 0 saturated carbocycles. The summed E-state index contributed by atoms with van der Waals surface area (Å²) in [5, 5.41) is 0. The molecule has 0 unspecified atom stereocenters. The van der Waals surface area contributed by atoms with Crippen molar-refractivity contribution in [3.63, 3.8) is 0 Å². The summed E-state index contributed by atoms with van der Waals surface area (Å²) in [5.41, 5.74) is 1.34. The van der Waals surface area contributed by atoms with Crippen LogP contribution in [0.4, 0.5) is 5.69 Å². The van der Waals surface area contributed by atoms with Crippen molar-refractivity contribution < 1.29 is 19.1 Å². The third-order valence-corrected chi connectivity index (χ3v) is 5.32. The molecule has 0 N–H and O–H groups in total. The highest BCUT2D eigenvalue weighted by Crippen LogP contribution is 2.53. The highest BCUT2D eigenvalue weighted by atomic mass is 16.6. The Bertz CT molecular complexity index is 728. The van der Waals surface area contributed by atoms with E-state index < -0.39 is 17.4 Å². The van der Waals surface area contributed by atoms with Crippen LogP contribution in [0.5, 0.6) is 0 Å². The van der Waals surface area contributed by atoms with Gasteiger partial charge in [0.25, 0.3) is 0 Å². The van der Waals surface area contributed by atoms with E-state index in [2.05, 4.69) is 6.92 Å². The summed E-state index contributed by atoms with van der Waals surface area (Å²) in [6, 6.07) is 7.91. The molecule has 1 aromatic carbocycles. The van der Waals surface area contributed by atoms with Crippen molar-refractivity contribution in [3.8, 4) is 0 Å². The Balaban J connectivity index is 1.71. The molecule has 0 radical (unpaired) electrons. The minimum Gasteiger partial charge on any atom is -0.466 e. The van der Waals surface area contributed by atoms with Crippen molar-refractivity contribution in [2.45, 2.75) is 32.0 Å². The third kappa shape index (κ3) is 1.97. The van der Waals surface area contributed by atoms with Crippen LogP contribution in [0, 0.1) is 11.8 Å². The van der Waals surface area contributed by atoms with Crippen LogP contribution >= 0.6 is 0 Å². The maximum atomic E-state index is 13.2. The minimum atomic E-state index is -0.694. The van der Waals surface area contributed by atoms with E-state index in [4.69, 9.17) is 9.47 Å². The fraction of sp³-hybridized carbons (Fsp3) is 0.474. The van der Waals surface area contributed by atoms with Crippen LogP contribution in [0.25, 0.3) is 0 Å². The predicted molar refractivity (Wildman–Crippen MR) is 88.5 cm³/mol. The normalized spacial score (nSPS) is 33.2. The number of rotatable bonds is 4. The summed E-state index contributed by atoms with van der Waals surface area (Å²) in [5.74, 6) is -1.41. The fourth-order valence-corrected chi connectivity index (χ4v) is 4.28. The van der Waals surface area contributed by atoms with Gasteiger partial charge < -0.3 is 14.4 Å². The summed E-state index contributed by atoms with van der Waals surface area (Å²) in [6.07, 6.45) is 4.37. The van der Waals surface area contributed by atoms with Gasteiger partial charge in [-0.1, -0.05) is 37.3 Å². The number of amides is 1. The zero-order valence-corrected chi connectivity index (χ0v) is 13.9. The molecule has 1 amide bonds. The highest BCUT2D eigenvalue weighted by molar-refractivity contribution is 6.03. The number of nitrogens with zero attached hydrogens (tertiary/aromatic N) is 1. The summed E-state index contributed by atoms with van der Waals surface area (Å²) >= 11 is 0. The second-order valence-corrected chi connectivity index (χ2v) is 6.56. The molecule has 24 heavy (non-hydrogen) atoms. The second kappa shape index (κ2) is 5.45. The molecule has 5 nitrogen and oxygen atoms in total. The highest BCUT2D eigenvalue weighted by Gasteiger charge is 2.67. The molecule has 3 aliphatic heterocycles. The van der Waals surface area contributed by atoms with E-state index in [1.807, 2.05) is 36.4 Å². The van der Waals surface area contributed by atoms with Gasteiger partial charge in [0.2, 0.25) is 5.91 Å². The molecule has 126 valence electrons. The zero-order valence-electron chi connectivity index (χ0n) is 13.9. The van der Waals surface area contributed by atoms with Gasteiger partial charge in [0, 0.05) is 5.69 Å². The Kier molecular flexibility index (Phi) is 3.49. The molecule has 0 aromatic heterocycles. The average molecular weight is 327 g/mol. The lowest BCUT2D eigenvalue weighted by atomic mass is 9.77. The van der Waals surface area contributed by atoms with Gasteiger partial charge in [-0.25, -0.2) is 0 Å². The first-order valence-electron chi connectivity index (χ1n) is 8.54. The number of esters is 1. The first kappa shape index (κ1) is 15.4. The number of carbonyl (C=O) groups is 2. The lowest BCUT2D eigenvalue weighted by Crippen LogP contribution is -2.40. The molecule has 5 heteroatoms. The molecule has 3 aliphatic rings. The number of ether oxygens (including phenoxy) is 2. The Labute approximate surface area is 141 Å². The number of carbonyl (C=O) groups excluding carboxylic acids is 2. The number of hydrogen-bond acceptors (Lipinski definition) is 4. The number of anilines is 1. The standard InChI is InChI=1S/C19H21NO4/c1-3-12-7-5-6-8-13(12)20-11-19-10-9-14(24-19)15(16(19)17(20)21)18(22)23-4-2/h5-10,14-16H,3-4,11H2,1-2H3/t14-,15+,16-,19-/m1/s1. The van der Waals surface area contributed by atoms with Crippen LogP contribution < -0.4 is 4.90 Å². The van der Waals surface area contributed by atoms with E-state index >= 15 is 0 Å². The molecule has 2 fully saturated rings. The number of hydrogen-bond donors (Lipinski definition) is 0. The van der Waals surface area contributed by atoms with Crippen LogP contribution in [-0.2, 0) is 25.5 Å². The van der Waals surface area contributed by atoms with E-state index in [1.54, 1.807) is 11.8 Å². The number of aryl methyl sites for hydroxylation is 1. The number of fused-ring (bicyclic) bond motifs is 1. The van der Waals surface area contributed by atoms with Gasteiger partial charge in [-0.15, -0.1) is 0 Å². The van der Waals surface area contributed by atoms with E-state index in [9.17, 15) is 9.59 Å². The van der Waals surface area contributed by atoms with Crippen molar-refractivity contribution >= 4 is 17.6 Å². The molecule has 3 heterocycles. The number of para-hydroxylation sites is 1. The maximum Gasteiger partial charge on any atom is 0.312 e. The molecule has 4 rings (SSSR count). The van der Waals surface area contributed by atoms with Crippen molar-refractivity contribution in [2.75, 3.05) is 18.1 Å². The largest absolute Gasteiger partial charge is 0.466 e. The van der Waals surface area contributed by atoms with Gasteiger partial charge in [-0.05, 0) is 25.0 Å². The second-order valence-electron chi connectivity index (χ2n) is 6.56. The molecular formula is C19H21NO4. The van der Waals surface area contributed by atoms with Gasteiger partial charge in [-0.2, -0.15) is 0 Å². The molecule has 2 saturated heterocycles. The van der Waals surface area contributed by atoms with E-state index in [-0.39, 0.29) is 18.0 Å². The first-order valence-corrected chi connectivity index (χ1v) is 8.54. The Hall–Kier alpha value is -2.14. The van der Waals surface area contributed by atoms with Crippen LogP contribution in [0.1, 0.15) is 19.4 Å². The lowest BCUT2D eigenvalue weighted by Gasteiger charge is -2.23.